The van der Waals surface area contributed by atoms with Crippen LogP contribution in [0.3, 0.4) is 0 Å². The zero-order valence-electron chi connectivity index (χ0n) is 20.3. The molecule has 2 aliphatic heterocycles. The van der Waals surface area contributed by atoms with E-state index in [9.17, 15) is 5.11 Å². The fraction of sp³-hybridized carbons (Fsp3) is 0.308. The van der Waals surface area contributed by atoms with Crippen LogP contribution < -0.4 is 15.4 Å². The Kier molecular flexibility index (Phi) is 5.37. The molecule has 38 heavy (non-hydrogen) atoms. The highest BCUT2D eigenvalue weighted by Gasteiger charge is 2.46. The summed E-state index contributed by atoms with van der Waals surface area (Å²) in [5, 5.41) is 16.5. The first kappa shape index (κ1) is 22.9. The van der Waals surface area contributed by atoms with Crippen molar-refractivity contribution in [1.29, 1.82) is 0 Å². The van der Waals surface area contributed by atoms with E-state index in [4.69, 9.17) is 20.2 Å². The molecular formula is C26H25FN8O3. The number of nitrogen functional groups attached to an aromatic ring is 1. The molecule has 3 N–H and O–H groups in total. The standard InChI is InChI=1S/C26H25FN8O3/c27-22-23(36)19(13-37-16-5-3-15-4-6-20(32-17(15)11-16)33-8-2-9-33)38-26(22)34-12-18(35-10-1-7-31-35)21-24(28)29-14-30-25(21)34/h1,3-7,10-12,14,19,22-23,26,36H,2,8-9,13H2,(H2,28,29,30)/t19-,22+,23-,26-/m1/s1. The molecule has 0 saturated carbocycles. The highest BCUT2D eigenvalue weighted by atomic mass is 19.1. The molecule has 2 aliphatic rings. The summed E-state index contributed by atoms with van der Waals surface area (Å²) in [5.41, 5.74) is 7.90. The minimum Gasteiger partial charge on any atom is -0.491 e. The smallest absolute Gasteiger partial charge is 0.173 e. The average molecular weight is 517 g/mol. The Labute approximate surface area is 216 Å². The molecule has 7 rings (SSSR count). The molecule has 0 radical (unpaired) electrons. The summed E-state index contributed by atoms with van der Waals surface area (Å²) in [6, 6.07) is 11.4. The molecule has 0 aliphatic carbocycles. The van der Waals surface area contributed by atoms with Gasteiger partial charge in [0.05, 0.1) is 16.6 Å². The van der Waals surface area contributed by atoms with Gasteiger partial charge < -0.3 is 29.8 Å². The Morgan fingerprint density at radius 2 is 2.05 bits per heavy atom. The Morgan fingerprint density at radius 3 is 2.84 bits per heavy atom. The first-order valence-corrected chi connectivity index (χ1v) is 12.4. The molecule has 194 valence electrons. The van der Waals surface area contributed by atoms with Gasteiger partial charge in [0.1, 0.15) is 48.2 Å². The molecule has 6 heterocycles. The Bertz CT molecular complexity index is 1620. The van der Waals surface area contributed by atoms with Gasteiger partial charge in [0.15, 0.2) is 12.4 Å². The van der Waals surface area contributed by atoms with Crippen molar-refractivity contribution >= 4 is 33.6 Å². The topological polar surface area (TPSA) is 129 Å². The van der Waals surface area contributed by atoms with Gasteiger partial charge in [-0.25, -0.2) is 24.0 Å². The van der Waals surface area contributed by atoms with E-state index in [0.717, 1.165) is 29.8 Å². The Hall–Kier alpha value is -4.29. The Balaban J connectivity index is 1.13. The fourth-order valence-electron chi connectivity index (χ4n) is 5.01. The van der Waals surface area contributed by atoms with Crippen LogP contribution in [0.5, 0.6) is 5.75 Å². The van der Waals surface area contributed by atoms with Crippen molar-refractivity contribution in [3.8, 4) is 11.4 Å². The van der Waals surface area contributed by atoms with E-state index in [-0.39, 0.29) is 12.4 Å². The summed E-state index contributed by atoms with van der Waals surface area (Å²) in [5.74, 6) is 1.74. The number of aromatic nitrogens is 6. The molecule has 0 spiro atoms. The summed E-state index contributed by atoms with van der Waals surface area (Å²) >= 11 is 0. The zero-order chi connectivity index (χ0) is 25.8. The summed E-state index contributed by atoms with van der Waals surface area (Å²) in [6.07, 6.45) is 2.32. The Morgan fingerprint density at radius 1 is 1.18 bits per heavy atom. The van der Waals surface area contributed by atoms with Crippen LogP contribution in [-0.2, 0) is 4.74 Å². The molecule has 12 heteroatoms. The maximum atomic E-state index is 15.4. The van der Waals surface area contributed by atoms with Crippen LogP contribution in [0.2, 0.25) is 0 Å². The number of rotatable bonds is 6. The largest absolute Gasteiger partial charge is 0.491 e. The second-order valence-corrected chi connectivity index (χ2v) is 9.51. The second kappa shape index (κ2) is 8.92. The van der Waals surface area contributed by atoms with Crippen LogP contribution in [-0.4, -0.2) is 72.5 Å². The van der Waals surface area contributed by atoms with E-state index in [1.165, 1.54) is 17.3 Å². The van der Waals surface area contributed by atoms with Crippen LogP contribution in [0.15, 0.2) is 61.3 Å². The van der Waals surface area contributed by atoms with Crippen LogP contribution in [0.25, 0.3) is 27.6 Å². The van der Waals surface area contributed by atoms with Crippen molar-refractivity contribution in [2.24, 2.45) is 0 Å². The summed E-state index contributed by atoms with van der Waals surface area (Å²) in [7, 11) is 0. The molecule has 0 bridgehead atoms. The van der Waals surface area contributed by atoms with Gasteiger partial charge >= 0.3 is 0 Å². The number of alkyl halides is 1. The fourth-order valence-corrected chi connectivity index (χ4v) is 5.01. The highest BCUT2D eigenvalue weighted by Crippen LogP contribution is 2.37. The van der Waals surface area contributed by atoms with Crippen molar-refractivity contribution in [1.82, 2.24) is 29.3 Å². The predicted molar refractivity (Wildman–Crippen MR) is 138 cm³/mol. The molecule has 4 atom stereocenters. The second-order valence-electron chi connectivity index (χ2n) is 9.51. The normalized spacial score (nSPS) is 23.3. The molecule has 2 saturated heterocycles. The van der Waals surface area contributed by atoms with E-state index in [1.807, 2.05) is 30.3 Å². The minimum absolute atomic E-state index is 0.0439. The van der Waals surface area contributed by atoms with Gasteiger partial charge in [0.2, 0.25) is 0 Å². The van der Waals surface area contributed by atoms with E-state index in [1.54, 1.807) is 29.3 Å². The number of benzene rings is 1. The number of aliphatic hydroxyl groups excluding tert-OH is 1. The van der Waals surface area contributed by atoms with E-state index < -0.39 is 24.6 Å². The van der Waals surface area contributed by atoms with Crippen LogP contribution >= 0.6 is 0 Å². The number of aliphatic hydroxyl groups is 1. The maximum Gasteiger partial charge on any atom is 0.173 e. The van der Waals surface area contributed by atoms with Crippen LogP contribution in [0.4, 0.5) is 16.0 Å². The number of halogens is 1. The van der Waals surface area contributed by atoms with Crippen molar-refractivity contribution in [2.75, 3.05) is 30.3 Å². The van der Waals surface area contributed by atoms with Gasteiger partial charge in [0.25, 0.3) is 0 Å². The van der Waals surface area contributed by atoms with Crippen LogP contribution in [0.1, 0.15) is 12.6 Å². The van der Waals surface area contributed by atoms with Gasteiger partial charge in [-0.05, 0) is 36.8 Å². The number of fused-ring (bicyclic) bond motifs is 2. The van der Waals surface area contributed by atoms with Crippen molar-refractivity contribution in [3.63, 3.8) is 0 Å². The number of hydrogen-bond acceptors (Lipinski definition) is 9. The average Bonchev–Trinajstić information content (AvgIpc) is 3.61. The lowest BCUT2D eigenvalue weighted by Gasteiger charge is -2.32. The zero-order valence-corrected chi connectivity index (χ0v) is 20.3. The molecular weight excluding hydrogens is 491 g/mol. The first-order valence-electron chi connectivity index (χ1n) is 12.4. The number of nitrogens with two attached hydrogens (primary N) is 1. The molecule has 5 aromatic rings. The van der Waals surface area contributed by atoms with E-state index >= 15 is 4.39 Å². The van der Waals surface area contributed by atoms with Crippen molar-refractivity contribution in [2.45, 2.75) is 31.0 Å². The maximum absolute atomic E-state index is 15.4. The predicted octanol–water partition coefficient (Wildman–Crippen LogP) is 2.63. The van der Waals surface area contributed by atoms with Crippen molar-refractivity contribution in [3.05, 3.63) is 61.3 Å². The molecule has 2 fully saturated rings. The lowest BCUT2D eigenvalue weighted by molar-refractivity contribution is -0.0410. The lowest BCUT2D eigenvalue weighted by Crippen LogP contribution is -2.37. The van der Waals surface area contributed by atoms with Gasteiger partial charge in [-0.2, -0.15) is 5.10 Å². The number of pyridine rings is 1. The minimum atomic E-state index is -1.72. The number of anilines is 2. The SMILES string of the molecule is Nc1ncnc2c1c(-n1cccn1)cn2[C@@H]1O[C@H](COc2ccc3ccc(N4CCC4)nc3c2)[C@@H](O)[C@@H]1F. The summed E-state index contributed by atoms with van der Waals surface area (Å²) in [4.78, 5) is 15.4. The van der Waals surface area contributed by atoms with Gasteiger partial charge in [-0.15, -0.1) is 0 Å². The van der Waals surface area contributed by atoms with Gasteiger partial charge in [0, 0.05) is 43.1 Å². The first-order chi connectivity index (χ1) is 18.6. The van der Waals surface area contributed by atoms with E-state index in [0.29, 0.717) is 22.5 Å². The molecule has 0 amide bonds. The summed E-state index contributed by atoms with van der Waals surface area (Å²) in [6.45, 7) is 1.98. The van der Waals surface area contributed by atoms with Crippen molar-refractivity contribution < 1.29 is 19.0 Å². The van der Waals surface area contributed by atoms with Crippen LogP contribution in [0, 0.1) is 0 Å². The molecule has 4 aromatic heterocycles. The monoisotopic (exact) mass is 516 g/mol. The van der Waals surface area contributed by atoms with E-state index in [2.05, 4.69) is 20.0 Å². The summed E-state index contributed by atoms with van der Waals surface area (Å²) < 4.78 is 30.5. The third kappa shape index (κ3) is 3.72. The molecule has 0 unspecified atom stereocenters. The third-order valence-corrected chi connectivity index (χ3v) is 7.18. The third-order valence-electron chi connectivity index (χ3n) is 7.18. The number of ether oxygens (including phenoxy) is 2. The van der Waals surface area contributed by atoms with Gasteiger partial charge in [-0.1, -0.05) is 0 Å². The number of nitrogens with zero attached hydrogens (tertiary/aromatic N) is 7. The number of hydrogen-bond donors (Lipinski definition) is 2. The molecule has 1 aromatic carbocycles. The quantitative estimate of drug-likeness (QED) is 0.350. The highest BCUT2D eigenvalue weighted by molar-refractivity contribution is 5.94. The van der Waals surface area contributed by atoms with Gasteiger partial charge in [-0.3, -0.25) is 0 Å². The molecule has 11 nitrogen and oxygen atoms in total. The lowest BCUT2D eigenvalue weighted by atomic mass is 10.1.